The molecule has 0 amide bonds. The topological polar surface area (TPSA) is 12.9 Å². The van der Waals surface area contributed by atoms with E-state index in [-0.39, 0.29) is 10.8 Å². The van der Waals surface area contributed by atoms with Crippen LogP contribution in [0.4, 0.5) is 0 Å². The van der Waals surface area contributed by atoms with Crippen LogP contribution in [0.2, 0.25) is 0 Å². The van der Waals surface area contributed by atoms with Crippen molar-refractivity contribution in [3.8, 4) is 21.7 Å². The van der Waals surface area contributed by atoms with E-state index in [9.17, 15) is 0 Å². The third kappa shape index (κ3) is 2.61. The van der Waals surface area contributed by atoms with Crippen molar-refractivity contribution < 1.29 is 0 Å². The second-order valence-corrected chi connectivity index (χ2v) is 11.8. The standard InChI is InChI=1S/C35H25NS/c1-34(2)27-15-7-8-16-28(27)35(25-13-5-3-11-23(25)24-12-4-6-14-26(24)35)29-20-19-22(21-30(29)34)33-36-31-17-9-10-18-32(31)37-33/h3-21H,1-2H3. The lowest BCUT2D eigenvalue weighted by Crippen LogP contribution is -2.40. The van der Waals surface area contributed by atoms with Gasteiger partial charge in [0, 0.05) is 11.0 Å². The van der Waals surface area contributed by atoms with Crippen LogP contribution in [-0.4, -0.2) is 4.98 Å². The number of para-hydroxylation sites is 1. The molecule has 0 radical (unpaired) electrons. The third-order valence-electron chi connectivity index (χ3n) is 8.59. The molecular formula is C35H25NS. The van der Waals surface area contributed by atoms with Crippen LogP contribution in [0.1, 0.15) is 47.2 Å². The van der Waals surface area contributed by atoms with Crippen LogP contribution in [0, 0.1) is 0 Å². The van der Waals surface area contributed by atoms with Crippen molar-refractivity contribution in [2.75, 3.05) is 0 Å². The van der Waals surface area contributed by atoms with Crippen molar-refractivity contribution in [1.29, 1.82) is 0 Å². The minimum absolute atomic E-state index is 0.143. The first-order chi connectivity index (χ1) is 18.1. The van der Waals surface area contributed by atoms with Crippen LogP contribution in [-0.2, 0) is 10.8 Å². The minimum Gasteiger partial charge on any atom is -0.236 e. The summed E-state index contributed by atoms with van der Waals surface area (Å²) in [4.78, 5) is 5.00. The van der Waals surface area contributed by atoms with Crippen molar-refractivity contribution in [2.45, 2.75) is 24.7 Å². The number of nitrogens with zero attached hydrogens (tertiary/aromatic N) is 1. The highest BCUT2D eigenvalue weighted by Crippen LogP contribution is 2.62. The summed E-state index contributed by atoms with van der Waals surface area (Å²) in [6, 6.07) is 42.7. The second kappa shape index (κ2) is 7.27. The number of rotatable bonds is 1. The van der Waals surface area contributed by atoms with Crippen molar-refractivity contribution in [3.63, 3.8) is 0 Å². The van der Waals surface area contributed by atoms with Gasteiger partial charge in [-0.15, -0.1) is 11.3 Å². The summed E-state index contributed by atoms with van der Waals surface area (Å²) in [6.07, 6.45) is 0. The zero-order valence-corrected chi connectivity index (χ0v) is 21.6. The Balaban J connectivity index is 1.49. The summed E-state index contributed by atoms with van der Waals surface area (Å²) < 4.78 is 1.23. The van der Waals surface area contributed by atoms with Gasteiger partial charge in [0.25, 0.3) is 0 Å². The number of hydrogen-bond donors (Lipinski definition) is 0. The van der Waals surface area contributed by atoms with Gasteiger partial charge in [0.05, 0.1) is 15.6 Å². The van der Waals surface area contributed by atoms with Crippen LogP contribution in [0.5, 0.6) is 0 Å². The first-order valence-corrected chi connectivity index (χ1v) is 13.7. The van der Waals surface area contributed by atoms with Gasteiger partial charge in [-0.25, -0.2) is 4.98 Å². The fraction of sp³-hybridized carbons (Fsp3) is 0.114. The predicted octanol–water partition coefficient (Wildman–Crippen LogP) is 8.97. The molecule has 2 heteroatoms. The summed E-state index contributed by atoms with van der Waals surface area (Å²) in [6.45, 7) is 4.76. The molecule has 0 unspecified atom stereocenters. The van der Waals surface area contributed by atoms with Crippen LogP contribution in [0.25, 0.3) is 31.9 Å². The highest BCUT2D eigenvalue weighted by atomic mass is 32.1. The van der Waals surface area contributed by atoms with Gasteiger partial charge in [-0.1, -0.05) is 111 Å². The lowest BCUT2D eigenvalue weighted by atomic mass is 9.55. The fourth-order valence-corrected chi connectivity index (χ4v) is 7.94. The molecule has 2 aliphatic carbocycles. The van der Waals surface area contributed by atoms with Gasteiger partial charge in [-0.3, -0.25) is 0 Å². The third-order valence-corrected chi connectivity index (χ3v) is 9.68. The van der Waals surface area contributed by atoms with Crippen LogP contribution in [0.3, 0.4) is 0 Å². The first-order valence-electron chi connectivity index (χ1n) is 12.9. The van der Waals surface area contributed by atoms with Crippen LogP contribution in [0.15, 0.2) is 115 Å². The summed E-state index contributed by atoms with van der Waals surface area (Å²) in [7, 11) is 0. The molecule has 1 heterocycles. The Labute approximate surface area is 221 Å². The Morgan fingerprint density at radius 1 is 0.541 bits per heavy atom. The number of hydrogen-bond acceptors (Lipinski definition) is 2. The Morgan fingerprint density at radius 3 is 1.81 bits per heavy atom. The van der Waals surface area contributed by atoms with Gasteiger partial charge < -0.3 is 0 Å². The molecule has 176 valence electrons. The van der Waals surface area contributed by atoms with Gasteiger partial charge in [0.2, 0.25) is 0 Å². The monoisotopic (exact) mass is 491 g/mol. The number of aromatic nitrogens is 1. The molecule has 1 aromatic heterocycles. The van der Waals surface area contributed by atoms with Gasteiger partial charge in [-0.2, -0.15) is 0 Å². The molecule has 0 fully saturated rings. The molecule has 0 saturated carbocycles. The molecule has 8 rings (SSSR count). The molecule has 0 N–H and O–H groups in total. The van der Waals surface area contributed by atoms with E-state index in [1.165, 1.54) is 54.8 Å². The zero-order valence-electron chi connectivity index (χ0n) is 20.8. The van der Waals surface area contributed by atoms with Crippen molar-refractivity contribution >= 4 is 21.6 Å². The van der Waals surface area contributed by atoms with E-state index in [1.54, 1.807) is 11.3 Å². The average Bonchev–Trinajstić information content (AvgIpc) is 3.50. The molecule has 1 spiro atoms. The quantitative estimate of drug-likeness (QED) is 0.223. The Bertz CT molecular complexity index is 1790. The molecule has 0 saturated heterocycles. The number of thiazole rings is 1. The Morgan fingerprint density at radius 2 is 1.11 bits per heavy atom. The number of fused-ring (bicyclic) bond motifs is 10. The molecule has 37 heavy (non-hydrogen) atoms. The van der Waals surface area contributed by atoms with Crippen LogP contribution < -0.4 is 0 Å². The average molecular weight is 492 g/mol. The smallest absolute Gasteiger partial charge is 0.124 e. The van der Waals surface area contributed by atoms with E-state index < -0.39 is 0 Å². The summed E-state index contributed by atoms with van der Waals surface area (Å²) >= 11 is 1.78. The number of benzene rings is 5. The maximum absolute atomic E-state index is 5.00. The van der Waals surface area contributed by atoms with Gasteiger partial charge in [-0.05, 0) is 62.7 Å². The van der Waals surface area contributed by atoms with E-state index in [0.29, 0.717) is 0 Å². The molecule has 2 aliphatic rings. The van der Waals surface area contributed by atoms with Gasteiger partial charge >= 0.3 is 0 Å². The largest absolute Gasteiger partial charge is 0.236 e. The second-order valence-electron chi connectivity index (χ2n) is 10.8. The summed E-state index contributed by atoms with van der Waals surface area (Å²) in [5, 5.41) is 1.08. The van der Waals surface area contributed by atoms with Crippen LogP contribution >= 0.6 is 11.3 Å². The van der Waals surface area contributed by atoms with Gasteiger partial charge in [0.1, 0.15) is 5.01 Å². The SMILES string of the molecule is CC1(C)c2ccccc2C2(c3ccccc3-c3ccccc32)c2ccc(-c3nc4ccccc4s3)cc21. The summed E-state index contributed by atoms with van der Waals surface area (Å²) in [5.74, 6) is 0. The van der Waals surface area contributed by atoms with Crippen molar-refractivity contribution in [1.82, 2.24) is 4.98 Å². The maximum atomic E-state index is 5.00. The fourth-order valence-electron chi connectivity index (χ4n) is 6.98. The normalized spacial score (nSPS) is 15.7. The molecule has 6 aromatic rings. The molecule has 1 nitrogen and oxygen atoms in total. The van der Waals surface area contributed by atoms with E-state index >= 15 is 0 Å². The molecule has 5 aromatic carbocycles. The van der Waals surface area contributed by atoms with E-state index in [0.717, 1.165) is 10.5 Å². The zero-order chi connectivity index (χ0) is 24.8. The van der Waals surface area contributed by atoms with E-state index in [2.05, 4.69) is 129 Å². The lowest BCUT2D eigenvalue weighted by Gasteiger charge is -2.46. The molecular weight excluding hydrogens is 466 g/mol. The Kier molecular flexibility index (Phi) is 4.15. The van der Waals surface area contributed by atoms with E-state index in [4.69, 9.17) is 4.98 Å². The minimum atomic E-state index is -0.333. The highest BCUT2D eigenvalue weighted by Gasteiger charge is 2.53. The first kappa shape index (κ1) is 21.1. The highest BCUT2D eigenvalue weighted by molar-refractivity contribution is 7.21. The summed E-state index contributed by atoms with van der Waals surface area (Å²) in [5.41, 5.74) is 12.8. The maximum Gasteiger partial charge on any atom is 0.124 e. The Hall–Kier alpha value is -4.01. The van der Waals surface area contributed by atoms with E-state index in [1.807, 2.05) is 0 Å². The molecule has 0 aliphatic heterocycles. The van der Waals surface area contributed by atoms with Crippen molar-refractivity contribution in [3.05, 3.63) is 149 Å². The molecule has 0 bridgehead atoms. The lowest BCUT2D eigenvalue weighted by molar-refractivity contribution is 0.563. The molecule has 0 atom stereocenters. The van der Waals surface area contributed by atoms with Gasteiger partial charge in [0.15, 0.2) is 0 Å². The predicted molar refractivity (Wildman–Crippen MR) is 154 cm³/mol. The van der Waals surface area contributed by atoms with Crippen molar-refractivity contribution in [2.24, 2.45) is 0 Å².